The van der Waals surface area contributed by atoms with Crippen molar-refractivity contribution < 1.29 is 5.11 Å². The Morgan fingerprint density at radius 3 is 3.21 bits per heavy atom. The van der Waals surface area contributed by atoms with Crippen LogP contribution in [-0.4, -0.2) is 24.3 Å². The number of thiophene rings is 1. The fraction of sp³-hybridized carbons (Fsp3) is 0.636. The summed E-state index contributed by atoms with van der Waals surface area (Å²) in [5.74, 6) is 0. The van der Waals surface area contributed by atoms with E-state index in [0.717, 1.165) is 12.8 Å². The first-order valence-electron chi connectivity index (χ1n) is 5.29. The molecule has 1 saturated heterocycles. The van der Waals surface area contributed by atoms with Crippen molar-refractivity contribution in [2.45, 2.75) is 31.7 Å². The predicted molar refractivity (Wildman–Crippen MR) is 59.8 cm³/mol. The minimum Gasteiger partial charge on any atom is -0.396 e. The van der Waals surface area contributed by atoms with Crippen LogP contribution in [0.2, 0.25) is 0 Å². The molecule has 0 aromatic carbocycles. The van der Waals surface area contributed by atoms with Crippen LogP contribution in [0, 0.1) is 0 Å². The number of hydrogen-bond acceptors (Lipinski definition) is 3. The highest BCUT2D eigenvalue weighted by molar-refractivity contribution is 7.10. The second-order valence-electron chi connectivity index (χ2n) is 3.84. The standard InChI is InChI=1S/C11H17NOS/c13-6-3-11-9(4-7-14-11)8-10-2-1-5-12-10/h4,7,10,12-13H,1-3,5-6,8H2/t10-/m0/s1. The van der Waals surface area contributed by atoms with E-state index in [4.69, 9.17) is 5.11 Å². The lowest BCUT2D eigenvalue weighted by Gasteiger charge is -2.10. The molecule has 0 amide bonds. The first-order chi connectivity index (χ1) is 6.90. The van der Waals surface area contributed by atoms with Crippen LogP contribution >= 0.6 is 11.3 Å². The Morgan fingerprint density at radius 1 is 1.57 bits per heavy atom. The fourth-order valence-corrected chi connectivity index (χ4v) is 2.97. The summed E-state index contributed by atoms with van der Waals surface area (Å²) in [5, 5.41) is 14.6. The van der Waals surface area contributed by atoms with Gasteiger partial charge in [0.2, 0.25) is 0 Å². The van der Waals surface area contributed by atoms with Crippen molar-refractivity contribution in [3.8, 4) is 0 Å². The lowest BCUT2D eigenvalue weighted by molar-refractivity contribution is 0.300. The SMILES string of the molecule is OCCc1sccc1C[C@@H]1CCCN1. The molecule has 0 unspecified atom stereocenters. The molecule has 0 spiro atoms. The van der Waals surface area contributed by atoms with E-state index in [9.17, 15) is 0 Å². The summed E-state index contributed by atoms with van der Waals surface area (Å²) in [5.41, 5.74) is 1.43. The maximum absolute atomic E-state index is 8.91. The van der Waals surface area contributed by atoms with Gasteiger partial charge in [0.05, 0.1) is 0 Å². The Bertz CT molecular complexity index is 279. The van der Waals surface area contributed by atoms with Gasteiger partial charge in [0, 0.05) is 23.9 Å². The quantitative estimate of drug-likeness (QED) is 0.792. The van der Waals surface area contributed by atoms with Crippen molar-refractivity contribution in [3.05, 3.63) is 21.9 Å². The van der Waals surface area contributed by atoms with Gasteiger partial charge in [-0.3, -0.25) is 0 Å². The maximum Gasteiger partial charge on any atom is 0.0479 e. The van der Waals surface area contributed by atoms with Crippen LogP contribution in [0.5, 0.6) is 0 Å². The van der Waals surface area contributed by atoms with Gasteiger partial charge >= 0.3 is 0 Å². The first-order valence-corrected chi connectivity index (χ1v) is 6.17. The molecule has 3 heteroatoms. The smallest absolute Gasteiger partial charge is 0.0479 e. The van der Waals surface area contributed by atoms with Crippen molar-refractivity contribution in [2.24, 2.45) is 0 Å². The van der Waals surface area contributed by atoms with Crippen LogP contribution in [0.3, 0.4) is 0 Å². The number of hydrogen-bond donors (Lipinski definition) is 2. The van der Waals surface area contributed by atoms with Gasteiger partial charge < -0.3 is 10.4 Å². The molecule has 0 radical (unpaired) electrons. The lowest BCUT2D eigenvalue weighted by atomic mass is 10.0. The molecule has 1 aromatic rings. The van der Waals surface area contributed by atoms with E-state index in [1.165, 1.54) is 29.8 Å². The summed E-state index contributed by atoms with van der Waals surface area (Å²) in [4.78, 5) is 1.36. The molecule has 78 valence electrons. The van der Waals surface area contributed by atoms with Crippen LogP contribution in [-0.2, 0) is 12.8 Å². The summed E-state index contributed by atoms with van der Waals surface area (Å²) < 4.78 is 0. The van der Waals surface area contributed by atoms with Crippen molar-refractivity contribution in [1.82, 2.24) is 5.32 Å². The minimum atomic E-state index is 0.269. The second kappa shape index (κ2) is 4.91. The monoisotopic (exact) mass is 211 g/mol. The topological polar surface area (TPSA) is 32.3 Å². The molecule has 1 atom stereocenters. The van der Waals surface area contributed by atoms with Gasteiger partial charge in [-0.2, -0.15) is 0 Å². The van der Waals surface area contributed by atoms with Gasteiger partial charge in [-0.15, -0.1) is 11.3 Å². The molecule has 1 aromatic heterocycles. The van der Waals surface area contributed by atoms with Crippen LogP contribution in [0.15, 0.2) is 11.4 Å². The van der Waals surface area contributed by atoms with Crippen molar-refractivity contribution >= 4 is 11.3 Å². The molecular formula is C11H17NOS. The molecule has 0 saturated carbocycles. The molecule has 0 bridgehead atoms. The molecule has 14 heavy (non-hydrogen) atoms. The van der Waals surface area contributed by atoms with Crippen LogP contribution < -0.4 is 5.32 Å². The highest BCUT2D eigenvalue weighted by Crippen LogP contribution is 2.21. The zero-order valence-electron chi connectivity index (χ0n) is 8.33. The van der Waals surface area contributed by atoms with E-state index in [1.807, 2.05) is 0 Å². The van der Waals surface area contributed by atoms with E-state index in [0.29, 0.717) is 6.04 Å². The number of nitrogens with one attached hydrogen (secondary N) is 1. The van der Waals surface area contributed by atoms with E-state index >= 15 is 0 Å². The Kier molecular flexibility index (Phi) is 3.56. The normalized spacial score (nSPS) is 21.6. The summed E-state index contributed by atoms with van der Waals surface area (Å²) >= 11 is 1.77. The summed E-state index contributed by atoms with van der Waals surface area (Å²) in [7, 11) is 0. The van der Waals surface area contributed by atoms with E-state index < -0.39 is 0 Å². The van der Waals surface area contributed by atoms with Gasteiger partial charge in [0.15, 0.2) is 0 Å². The van der Waals surface area contributed by atoms with Gasteiger partial charge in [-0.1, -0.05) is 0 Å². The predicted octanol–water partition coefficient (Wildman–Crippen LogP) is 1.58. The van der Waals surface area contributed by atoms with Gasteiger partial charge in [-0.05, 0) is 42.8 Å². The summed E-state index contributed by atoms with van der Waals surface area (Å²) in [6.45, 7) is 1.44. The zero-order valence-corrected chi connectivity index (χ0v) is 9.15. The van der Waals surface area contributed by atoms with Crippen LogP contribution in [0.1, 0.15) is 23.3 Å². The third-order valence-electron chi connectivity index (χ3n) is 2.81. The van der Waals surface area contributed by atoms with E-state index in [1.54, 1.807) is 11.3 Å². The Hall–Kier alpha value is -0.380. The molecule has 2 heterocycles. The highest BCUT2D eigenvalue weighted by atomic mass is 32.1. The molecule has 1 aliphatic rings. The molecular weight excluding hydrogens is 194 g/mol. The molecule has 1 aliphatic heterocycles. The van der Waals surface area contributed by atoms with Crippen LogP contribution in [0.25, 0.3) is 0 Å². The zero-order chi connectivity index (χ0) is 9.80. The van der Waals surface area contributed by atoms with Crippen molar-refractivity contribution in [1.29, 1.82) is 0 Å². The number of rotatable bonds is 4. The first kappa shape index (κ1) is 10.1. The molecule has 2 N–H and O–H groups in total. The number of aliphatic hydroxyl groups excluding tert-OH is 1. The molecule has 0 aliphatic carbocycles. The van der Waals surface area contributed by atoms with Gasteiger partial charge in [-0.25, -0.2) is 0 Å². The van der Waals surface area contributed by atoms with E-state index in [2.05, 4.69) is 16.8 Å². The Balaban J connectivity index is 1.96. The second-order valence-corrected chi connectivity index (χ2v) is 4.84. The fourth-order valence-electron chi connectivity index (χ4n) is 2.07. The Labute approximate surface area is 89.0 Å². The minimum absolute atomic E-state index is 0.269. The number of aliphatic hydroxyl groups is 1. The molecule has 2 nitrogen and oxygen atoms in total. The van der Waals surface area contributed by atoms with Crippen LogP contribution in [0.4, 0.5) is 0 Å². The van der Waals surface area contributed by atoms with Crippen molar-refractivity contribution in [2.75, 3.05) is 13.2 Å². The third kappa shape index (κ3) is 2.35. The maximum atomic E-state index is 8.91. The van der Waals surface area contributed by atoms with E-state index in [-0.39, 0.29) is 6.61 Å². The largest absolute Gasteiger partial charge is 0.396 e. The third-order valence-corrected chi connectivity index (χ3v) is 3.83. The van der Waals surface area contributed by atoms with Gasteiger partial charge in [0.1, 0.15) is 0 Å². The highest BCUT2D eigenvalue weighted by Gasteiger charge is 2.16. The summed E-state index contributed by atoms with van der Waals surface area (Å²) in [6.07, 6.45) is 4.57. The lowest BCUT2D eigenvalue weighted by Crippen LogP contribution is -2.23. The van der Waals surface area contributed by atoms with Crippen molar-refractivity contribution in [3.63, 3.8) is 0 Å². The average molecular weight is 211 g/mol. The Morgan fingerprint density at radius 2 is 2.50 bits per heavy atom. The summed E-state index contributed by atoms with van der Waals surface area (Å²) in [6, 6.07) is 2.87. The van der Waals surface area contributed by atoms with Gasteiger partial charge in [0.25, 0.3) is 0 Å². The average Bonchev–Trinajstić information content (AvgIpc) is 2.80. The molecule has 1 fully saturated rings. The molecule has 2 rings (SSSR count).